The van der Waals surface area contributed by atoms with Crippen molar-refractivity contribution in [1.29, 1.82) is 0 Å². The predicted molar refractivity (Wildman–Crippen MR) is 74.5 cm³/mol. The number of nitrogens with zero attached hydrogens (tertiary/aromatic N) is 1. The van der Waals surface area contributed by atoms with E-state index >= 15 is 0 Å². The van der Waals surface area contributed by atoms with E-state index in [0.29, 0.717) is 27.5 Å². The van der Waals surface area contributed by atoms with Gasteiger partial charge in [0, 0.05) is 8.95 Å². The fourth-order valence-corrected chi connectivity index (χ4v) is 3.50. The summed E-state index contributed by atoms with van der Waals surface area (Å²) >= 11 is 6.64. The molecule has 1 N–H and O–H groups in total. The number of carbonyl (C=O) groups excluding carboxylic acids is 3. The Balaban J connectivity index is 2.12. The maximum absolute atomic E-state index is 12.4. The van der Waals surface area contributed by atoms with Crippen LogP contribution in [0.25, 0.3) is 0 Å². The van der Waals surface area contributed by atoms with Gasteiger partial charge in [-0.15, -0.1) is 0 Å². The number of hydrogen-bond donors (Lipinski definition) is 1. The number of barbiturate groups is 1. The van der Waals surface area contributed by atoms with Crippen LogP contribution in [0.1, 0.15) is 12.8 Å². The summed E-state index contributed by atoms with van der Waals surface area (Å²) in [5.74, 6) is -0.934. The van der Waals surface area contributed by atoms with Gasteiger partial charge in [0.05, 0.1) is 5.69 Å². The van der Waals surface area contributed by atoms with Crippen molar-refractivity contribution in [2.75, 3.05) is 4.90 Å². The van der Waals surface area contributed by atoms with E-state index in [1.54, 1.807) is 18.2 Å². The van der Waals surface area contributed by atoms with E-state index in [1.165, 1.54) is 0 Å². The van der Waals surface area contributed by atoms with Crippen molar-refractivity contribution in [2.24, 2.45) is 5.41 Å². The molecule has 1 spiro atoms. The number of rotatable bonds is 1. The first-order chi connectivity index (χ1) is 8.97. The molecule has 1 aliphatic carbocycles. The molecule has 1 saturated carbocycles. The van der Waals surface area contributed by atoms with Crippen LogP contribution in [0.15, 0.2) is 27.1 Å². The first kappa shape index (κ1) is 12.8. The van der Waals surface area contributed by atoms with Crippen LogP contribution < -0.4 is 10.2 Å². The molecule has 3 rings (SSSR count). The highest BCUT2D eigenvalue weighted by atomic mass is 79.9. The topological polar surface area (TPSA) is 66.5 Å². The van der Waals surface area contributed by atoms with E-state index in [9.17, 15) is 14.4 Å². The summed E-state index contributed by atoms with van der Waals surface area (Å²) in [6, 6.07) is 4.54. The third-order valence-corrected chi connectivity index (χ3v) is 4.66. The highest BCUT2D eigenvalue weighted by molar-refractivity contribution is 9.11. The van der Waals surface area contributed by atoms with Crippen LogP contribution in [0.5, 0.6) is 0 Å². The van der Waals surface area contributed by atoms with Gasteiger partial charge in [-0.25, -0.2) is 9.69 Å². The molecule has 0 bridgehead atoms. The summed E-state index contributed by atoms with van der Waals surface area (Å²) in [6.45, 7) is 0. The number of halogens is 2. The van der Waals surface area contributed by atoms with Gasteiger partial charge < -0.3 is 0 Å². The molecule has 2 aliphatic rings. The molecule has 1 aromatic carbocycles. The lowest BCUT2D eigenvalue weighted by molar-refractivity contribution is -0.136. The SMILES string of the molecule is O=C1NC(=O)C2(CC2)C(=O)N1c1c(Br)cccc1Br. The summed E-state index contributed by atoms with van der Waals surface area (Å²) in [7, 11) is 0. The van der Waals surface area contributed by atoms with E-state index in [-0.39, 0.29) is 0 Å². The van der Waals surface area contributed by atoms with Gasteiger partial charge in [-0.1, -0.05) is 6.07 Å². The van der Waals surface area contributed by atoms with Crippen LogP contribution in [0.4, 0.5) is 10.5 Å². The molecule has 0 radical (unpaired) electrons. The molecule has 19 heavy (non-hydrogen) atoms. The molecule has 7 heteroatoms. The Bertz CT molecular complexity index is 605. The van der Waals surface area contributed by atoms with E-state index < -0.39 is 23.3 Å². The Hall–Kier alpha value is -1.21. The monoisotopic (exact) mass is 386 g/mol. The zero-order chi connectivity index (χ0) is 13.8. The molecular formula is C12H8Br2N2O3. The third-order valence-electron chi connectivity index (χ3n) is 3.38. The van der Waals surface area contributed by atoms with Gasteiger partial charge in [-0.3, -0.25) is 14.9 Å². The summed E-state index contributed by atoms with van der Waals surface area (Å²) in [4.78, 5) is 37.2. The average molecular weight is 388 g/mol. The molecule has 98 valence electrons. The van der Waals surface area contributed by atoms with Crippen LogP contribution in [0, 0.1) is 5.41 Å². The lowest BCUT2D eigenvalue weighted by Gasteiger charge is -2.31. The minimum atomic E-state index is -1.04. The molecule has 0 atom stereocenters. The number of hydrogen-bond acceptors (Lipinski definition) is 3. The number of urea groups is 1. The minimum Gasteiger partial charge on any atom is -0.276 e. The number of para-hydroxylation sites is 1. The van der Waals surface area contributed by atoms with E-state index in [1.807, 2.05) is 0 Å². The average Bonchev–Trinajstić information content (AvgIpc) is 3.12. The Morgan fingerprint density at radius 2 is 1.68 bits per heavy atom. The Morgan fingerprint density at radius 3 is 2.21 bits per heavy atom. The van der Waals surface area contributed by atoms with E-state index in [0.717, 1.165) is 4.90 Å². The number of nitrogens with one attached hydrogen (secondary N) is 1. The van der Waals surface area contributed by atoms with Gasteiger partial charge in [0.1, 0.15) is 5.41 Å². The molecule has 1 saturated heterocycles. The van der Waals surface area contributed by atoms with Crippen molar-refractivity contribution in [3.8, 4) is 0 Å². The molecule has 4 amide bonds. The van der Waals surface area contributed by atoms with Crippen molar-refractivity contribution in [2.45, 2.75) is 12.8 Å². The van der Waals surface area contributed by atoms with Crippen LogP contribution in [0.2, 0.25) is 0 Å². The first-order valence-electron chi connectivity index (χ1n) is 5.61. The quantitative estimate of drug-likeness (QED) is 0.753. The fraction of sp³-hybridized carbons (Fsp3) is 0.250. The van der Waals surface area contributed by atoms with Gasteiger partial charge in [0.2, 0.25) is 5.91 Å². The number of anilines is 1. The molecular weight excluding hydrogens is 380 g/mol. The van der Waals surface area contributed by atoms with Crippen molar-refractivity contribution < 1.29 is 14.4 Å². The smallest absolute Gasteiger partial charge is 0.276 e. The zero-order valence-corrected chi connectivity index (χ0v) is 12.7. The summed E-state index contributed by atoms with van der Waals surface area (Å²) in [5.41, 5.74) is -0.619. The molecule has 0 unspecified atom stereocenters. The van der Waals surface area contributed by atoms with Gasteiger partial charge in [-0.2, -0.15) is 0 Å². The summed E-state index contributed by atoms with van der Waals surface area (Å²) in [6.07, 6.45) is 0.979. The summed E-state index contributed by atoms with van der Waals surface area (Å²) in [5, 5.41) is 2.25. The normalized spacial score (nSPS) is 20.7. The van der Waals surface area contributed by atoms with Gasteiger partial charge in [0.25, 0.3) is 5.91 Å². The molecule has 5 nitrogen and oxygen atoms in total. The number of carbonyl (C=O) groups is 3. The maximum Gasteiger partial charge on any atom is 0.335 e. The largest absolute Gasteiger partial charge is 0.335 e. The third kappa shape index (κ3) is 1.75. The molecule has 0 aromatic heterocycles. The minimum absolute atomic E-state index is 0.420. The molecule has 1 aromatic rings. The van der Waals surface area contributed by atoms with Crippen LogP contribution in [-0.4, -0.2) is 17.8 Å². The van der Waals surface area contributed by atoms with Gasteiger partial charge in [0.15, 0.2) is 0 Å². The highest BCUT2D eigenvalue weighted by Gasteiger charge is 2.62. The first-order valence-corrected chi connectivity index (χ1v) is 7.20. The maximum atomic E-state index is 12.4. The molecule has 1 aliphatic heterocycles. The zero-order valence-electron chi connectivity index (χ0n) is 9.57. The van der Waals surface area contributed by atoms with Crippen molar-refractivity contribution in [1.82, 2.24) is 5.32 Å². The Labute approximate surface area is 125 Å². The van der Waals surface area contributed by atoms with E-state index in [4.69, 9.17) is 0 Å². The second-order valence-corrected chi connectivity index (χ2v) is 6.26. The second kappa shape index (κ2) is 4.14. The van der Waals surface area contributed by atoms with Gasteiger partial charge in [-0.05, 0) is 56.8 Å². The fourth-order valence-electron chi connectivity index (χ4n) is 2.15. The van der Waals surface area contributed by atoms with Crippen molar-refractivity contribution >= 4 is 55.4 Å². The number of imide groups is 2. The van der Waals surface area contributed by atoms with E-state index in [2.05, 4.69) is 37.2 Å². The molecule has 2 fully saturated rings. The standard InChI is InChI=1S/C12H8Br2N2O3/c13-6-2-1-3-7(14)8(6)16-10(18)12(4-5-12)9(17)15-11(16)19/h1-3H,4-5H2,(H,15,17,19). The van der Waals surface area contributed by atoms with Crippen molar-refractivity contribution in [3.63, 3.8) is 0 Å². The van der Waals surface area contributed by atoms with Crippen LogP contribution >= 0.6 is 31.9 Å². The predicted octanol–water partition coefficient (Wildman–Crippen LogP) is 2.57. The lowest BCUT2D eigenvalue weighted by Crippen LogP contribution is -2.59. The van der Waals surface area contributed by atoms with Crippen LogP contribution in [-0.2, 0) is 9.59 Å². The highest BCUT2D eigenvalue weighted by Crippen LogP contribution is 2.50. The van der Waals surface area contributed by atoms with Crippen molar-refractivity contribution in [3.05, 3.63) is 27.1 Å². The second-order valence-electron chi connectivity index (χ2n) is 4.55. The lowest BCUT2D eigenvalue weighted by atomic mass is 10.0. The number of benzene rings is 1. The van der Waals surface area contributed by atoms with Crippen LogP contribution in [0.3, 0.4) is 0 Å². The molecule has 1 heterocycles. The Kier molecular flexibility index (Phi) is 2.79. The Morgan fingerprint density at radius 1 is 1.11 bits per heavy atom. The summed E-state index contributed by atoms with van der Waals surface area (Å²) < 4.78 is 1.21. The van der Waals surface area contributed by atoms with Gasteiger partial charge >= 0.3 is 6.03 Å². The number of amides is 4.